The average molecular weight is 443 g/mol. The number of hydrogen-bond donors (Lipinski definition) is 1. The second kappa shape index (κ2) is 9.66. The number of aryl methyl sites for hydroxylation is 2. The molecule has 1 heterocycles. The van der Waals surface area contributed by atoms with E-state index in [0.29, 0.717) is 46.8 Å². The van der Waals surface area contributed by atoms with E-state index in [0.717, 1.165) is 5.56 Å². The van der Waals surface area contributed by atoms with E-state index in [4.69, 9.17) is 22.1 Å². The first kappa shape index (κ1) is 22.4. The summed E-state index contributed by atoms with van der Waals surface area (Å²) in [6.45, 7) is 2.12. The third-order valence-corrected chi connectivity index (χ3v) is 5.27. The van der Waals surface area contributed by atoms with Gasteiger partial charge >= 0.3 is 5.97 Å². The van der Waals surface area contributed by atoms with Gasteiger partial charge in [0.25, 0.3) is 11.7 Å². The molecule has 0 saturated carbocycles. The number of fused-ring (bicyclic) bond motifs is 1. The fraction of sp³-hybridized carbons (Fsp3) is 0.261. The van der Waals surface area contributed by atoms with E-state index >= 15 is 0 Å². The van der Waals surface area contributed by atoms with Crippen molar-refractivity contribution >= 4 is 40.2 Å². The molecule has 3 rings (SSSR count). The molecule has 2 N–H and O–H groups in total. The van der Waals surface area contributed by atoms with Crippen molar-refractivity contribution in [1.29, 1.82) is 0 Å². The van der Waals surface area contributed by atoms with Crippen LogP contribution in [-0.2, 0) is 33.7 Å². The van der Waals surface area contributed by atoms with Gasteiger partial charge < -0.3 is 19.8 Å². The quantitative estimate of drug-likeness (QED) is 0.311. The van der Waals surface area contributed by atoms with Gasteiger partial charge in [-0.1, -0.05) is 36.7 Å². The first-order chi connectivity index (χ1) is 14.9. The van der Waals surface area contributed by atoms with E-state index in [9.17, 15) is 14.4 Å². The Labute approximate surface area is 184 Å². The number of halogens is 1. The summed E-state index contributed by atoms with van der Waals surface area (Å²) in [5.74, 6) is -2.09. The summed E-state index contributed by atoms with van der Waals surface area (Å²) in [7, 11) is 1.26. The number of primary amides is 1. The summed E-state index contributed by atoms with van der Waals surface area (Å²) in [6.07, 6.45) is 1.16. The van der Waals surface area contributed by atoms with Gasteiger partial charge in [0.05, 0.1) is 23.6 Å². The van der Waals surface area contributed by atoms with E-state index in [1.165, 1.54) is 7.11 Å². The van der Waals surface area contributed by atoms with Crippen LogP contribution in [0.4, 0.5) is 0 Å². The van der Waals surface area contributed by atoms with E-state index in [1.54, 1.807) is 12.1 Å². The largest absolute Gasteiger partial charge is 0.481 e. The van der Waals surface area contributed by atoms with Crippen molar-refractivity contribution in [2.75, 3.05) is 13.7 Å². The number of ether oxygens (including phenoxy) is 2. The van der Waals surface area contributed by atoms with Crippen molar-refractivity contribution in [3.05, 3.63) is 64.3 Å². The highest BCUT2D eigenvalue weighted by atomic mass is 35.5. The van der Waals surface area contributed by atoms with E-state index in [-0.39, 0.29) is 12.2 Å². The van der Waals surface area contributed by atoms with Gasteiger partial charge in [-0.15, -0.1) is 0 Å². The summed E-state index contributed by atoms with van der Waals surface area (Å²) < 4.78 is 12.2. The molecule has 0 saturated heterocycles. The molecule has 3 aromatic rings. The van der Waals surface area contributed by atoms with Crippen LogP contribution in [0, 0.1) is 0 Å². The number of rotatable bonds is 9. The number of aromatic nitrogens is 1. The second-order valence-electron chi connectivity index (χ2n) is 6.92. The summed E-state index contributed by atoms with van der Waals surface area (Å²) in [4.78, 5) is 36.1. The lowest BCUT2D eigenvalue weighted by Crippen LogP contribution is -2.24. The topological polar surface area (TPSA) is 101 Å². The number of carbonyl (C=O) groups is 3. The van der Waals surface area contributed by atoms with Crippen LogP contribution >= 0.6 is 11.6 Å². The normalized spacial score (nSPS) is 10.8. The SMILES string of the molecule is CCc1c(C(=O)C(N)=O)c2c(OCC(=O)OC)cccc2n1CCc1cccc(Cl)c1. The van der Waals surface area contributed by atoms with Crippen LogP contribution in [0.2, 0.25) is 5.02 Å². The maximum atomic E-state index is 12.8. The summed E-state index contributed by atoms with van der Waals surface area (Å²) >= 11 is 6.10. The molecule has 1 aromatic heterocycles. The standard InChI is InChI=1S/C23H23ClN2O5/c1-3-16-21(22(28)23(25)29)20-17(8-5-9-18(20)31-13-19(27)30-2)26(16)11-10-14-6-4-7-15(24)12-14/h4-9,12H,3,10-11,13H2,1-2H3,(H2,25,29). The molecule has 0 bridgehead atoms. The van der Waals surface area contributed by atoms with Crippen LogP contribution in [-0.4, -0.2) is 35.9 Å². The predicted molar refractivity (Wildman–Crippen MR) is 118 cm³/mol. The number of carbonyl (C=O) groups excluding carboxylic acids is 3. The maximum Gasteiger partial charge on any atom is 0.343 e. The molecule has 162 valence electrons. The van der Waals surface area contributed by atoms with Crippen LogP contribution in [0.25, 0.3) is 10.9 Å². The van der Waals surface area contributed by atoms with Gasteiger partial charge in [-0.3, -0.25) is 9.59 Å². The van der Waals surface area contributed by atoms with Gasteiger partial charge in [-0.25, -0.2) is 4.79 Å². The molecule has 0 aliphatic rings. The van der Waals surface area contributed by atoms with Gasteiger partial charge in [-0.05, 0) is 42.7 Å². The molecule has 0 atom stereocenters. The second-order valence-corrected chi connectivity index (χ2v) is 7.35. The molecular weight excluding hydrogens is 420 g/mol. The van der Waals surface area contributed by atoms with Crippen LogP contribution in [0.15, 0.2) is 42.5 Å². The molecule has 2 aromatic carbocycles. The monoisotopic (exact) mass is 442 g/mol. The number of amides is 1. The van der Waals surface area contributed by atoms with Crippen LogP contribution in [0.3, 0.4) is 0 Å². The molecule has 0 aliphatic carbocycles. The lowest BCUT2D eigenvalue weighted by atomic mass is 10.0. The Balaban J connectivity index is 2.13. The molecule has 0 fully saturated rings. The molecule has 0 unspecified atom stereocenters. The van der Waals surface area contributed by atoms with Crippen molar-refractivity contribution in [3.8, 4) is 5.75 Å². The Hall–Kier alpha value is -3.32. The summed E-state index contributed by atoms with van der Waals surface area (Å²) in [5, 5.41) is 1.10. The highest BCUT2D eigenvalue weighted by Crippen LogP contribution is 2.35. The predicted octanol–water partition coefficient (Wildman–Crippen LogP) is 3.32. The van der Waals surface area contributed by atoms with Gasteiger partial charge in [0.2, 0.25) is 0 Å². The number of ketones is 1. The van der Waals surface area contributed by atoms with E-state index in [2.05, 4.69) is 4.74 Å². The van der Waals surface area contributed by atoms with Gasteiger partial charge in [0, 0.05) is 17.3 Å². The van der Waals surface area contributed by atoms with Crippen LogP contribution in [0.5, 0.6) is 5.75 Å². The van der Waals surface area contributed by atoms with E-state index < -0.39 is 17.7 Å². The average Bonchev–Trinajstić information content (AvgIpc) is 3.09. The fourth-order valence-electron chi connectivity index (χ4n) is 3.66. The smallest absolute Gasteiger partial charge is 0.343 e. The third kappa shape index (κ3) is 4.72. The summed E-state index contributed by atoms with van der Waals surface area (Å²) in [5.41, 5.74) is 7.97. The first-order valence-corrected chi connectivity index (χ1v) is 10.2. The van der Waals surface area contributed by atoms with Crippen molar-refractivity contribution in [2.45, 2.75) is 26.3 Å². The fourth-order valence-corrected chi connectivity index (χ4v) is 3.87. The molecule has 0 spiro atoms. The highest BCUT2D eigenvalue weighted by molar-refractivity contribution is 6.45. The van der Waals surface area contributed by atoms with Gasteiger partial charge in [-0.2, -0.15) is 0 Å². The van der Waals surface area contributed by atoms with E-state index in [1.807, 2.05) is 41.8 Å². The Morgan fingerprint density at radius 3 is 2.52 bits per heavy atom. The first-order valence-electron chi connectivity index (χ1n) is 9.79. The molecular formula is C23H23ClN2O5. The minimum absolute atomic E-state index is 0.205. The van der Waals surface area contributed by atoms with Gasteiger partial charge in [0.15, 0.2) is 6.61 Å². The van der Waals surface area contributed by atoms with Crippen molar-refractivity contribution in [3.63, 3.8) is 0 Å². The Bertz CT molecular complexity index is 1150. The molecule has 8 heteroatoms. The van der Waals surface area contributed by atoms with Crippen LogP contribution in [0.1, 0.15) is 28.5 Å². The zero-order chi connectivity index (χ0) is 22.5. The maximum absolute atomic E-state index is 12.8. The molecule has 0 radical (unpaired) electrons. The molecule has 7 nitrogen and oxygen atoms in total. The number of benzene rings is 2. The number of nitrogens with two attached hydrogens (primary N) is 1. The van der Waals surface area contributed by atoms with Crippen molar-refractivity contribution < 1.29 is 23.9 Å². The third-order valence-electron chi connectivity index (χ3n) is 5.03. The number of methoxy groups -OCH3 is 1. The Morgan fingerprint density at radius 2 is 1.87 bits per heavy atom. The van der Waals surface area contributed by atoms with Crippen molar-refractivity contribution in [1.82, 2.24) is 4.57 Å². The van der Waals surface area contributed by atoms with Gasteiger partial charge in [0.1, 0.15) is 5.75 Å². The number of esters is 1. The Kier molecular flexibility index (Phi) is 6.97. The highest BCUT2D eigenvalue weighted by Gasteiger charge is 2.27. The molecule has 1 amide bonds. The molecule has 31 heavy (non-hydrogen) atoms. The zero-order valence-corrected chi connectivity index (χ0v) is 18.1. The minimum atomic E-state index is -1.05. The number of Topliss-reactive ketones (excluding diaryl/α,β-unsaturated/α-hetero) is 1. The zero-order valence-electron chi connectivity index (χ0n) is 17.3. The van der Waals surface area contributed by atoms with Crippen LogP contribution < -0.4 is 10.5 Å². The lowest BCUT2D eigenvalue weighted by Gasteiger charge is -2.11. The minimum Gasteiger partial charge on any atom is -0.481 e. The number of nitrogens with zero attached hydrogens (tertiary/aromatic N) is 1. The summed E-state index contributed by atoms with van der Waals surface area (Å²) in [6, 6.07) is 12.8. The molecule has 0 aliphatic heterocycles. The van der Waals surface area contributed by atoms with Crippen molar-refractivity contribution in [2.24, 2.45) is 5.73 Å². The number of hydrogen-bond acceptors (Lipinski definition) is 5. The lowest BCUT2D eigenvalue weighted by molar-refractivity contribution is -0.142. The Morgan fingerprint density at radius 1 is 1.13 bits per heavy atom.